The van der Waals surface area contributed by atoms with Crippen molar-refractivity contribution in [1.82, 2.24) is 20.0 Å². The van der Waals surface area contributed by atoms with Crippen molar-refractivity contribution in [2.75, 3.05) is 53.9 Å². The van der Waals surface area contributed by atoms with E-state index in [9.17, 15) is 14.4 Å². The summed E-state index contributed by atoms with van der Waals surface area (Å²) >= 11 is 0. The van der Waals surface area contributed by atoms with Gasteiger partial charge in [0, 0.05) is 64.2 Å². The molecule has 4 amide bonds. The van der Waals surface area contributed by atoms with Crippen molar-refractivity contribution in [2.45, 2.75) is 6.42 Å². The van der Waals surface area contributed by atoms with Crippen molar-refractivity contribution in [3.8, 4) is 5.75 Å². The van der Waals surface area contributed by atoms with Crippen LogP contribution in [-0.4, -0.2) is 86.5 Å². The minimum absolute atomic E-state index is 0.0361. The molecule has 8 heteroatoms. The molecule has 2 heterocycles. The maximum Gasteiger partial charge on any atom is 0.319 e. The average molecular weight is 374 g/mol. The Kier molecular flexibility index (Phi) is 5.25. The lowest BCUT2D eigenvalue weighted by molar-refractivity contribution is -0.119. The summed E-state index contributed by atoms with van der Waals surface area (Å²) in [6.45, 7) is 2.23. The van der Waals surface area contributed by atoms with Gasteiger partial charge < -0.3 is 24.8 Å². The smallest absolute Gasteiger partial charge is 0.319 e. The molecule has 27 heavy (non-hydrogen) atoms. The topological polar surface area (TPSA) is 82.2 Å². The number of urea groups is 1. The average Bonchev–Trinajstić information content (AvgIpc) is 2.91. The molecule has 0 unspecified atom stereocenters. The number of hydrogen-bond donors (Lipinski definition) is 1. The molecular weight excluding hydrogens is 348 g/mol. The molecule has 0 radical (unpaired) electrons. The first-order chi connectivity index (χ1) is 12.8. The number of rotatable bonds is 2. The van der Waals surface area contributed by atoms with Gasteiger partial charge in [0.15, 0.2) is 0 Å². The van der Waals surface area contributed by atoms with E-state index in [0.29, 0.717) is 50.5 Å². The highest BCUT2D eigenvalue weighted by molar-refractivity contribution is 5.94. The molecule has 1 aromatic carbocycles. The number of ether oxygens (including phenoxy) is 1. The Morgan fingerprint density at radius 1 is 1.11 bits per heavy atom. The Bertz CT molecular complexity index is 734. The molecule has 146 valence electrons. The predicted molar refractivity (Wildman–Crippen MR) is 99.6 cm³/mol. The van der Waals surface area contributed by atoms with Crippen molar-refractivity contribution in [3.05, 3.63) is 29.8 Å². The van der Waals surface area contributed by atoms with Gasteiger partial charge in [0.1, 0.15) is 5.75 Å². The Balaban J connectivity index is 1.84. The minimum Gasteiger partial charge on any atom is -0.497 e. The maximum absolute atomic E-state index is 13.1. The van der Waals surface area contributed by atoms with Gasteiger partial charge in [-0.05, 0) is 24.3 Å². The fourth-order valence-electron chi connectivity index (χ4n) is 3.77. The van der Waals surface area contributed by atoms with Crippen LogP contribution in [0.3, 0.4) is 0 Å². The van der Waals surface area contributed by atoms with Crippen molar-refractivity contribution < 1.29 is 19.1 Å². The van der Waals surface area contributed by atoms with E-state index in [1.54, 1.807) is 55.3 Å². The van der Waals surface area contributed by atoms with Gasteiger partial charge in [0.2, 0.25) is 5.91 Å². The molecule has 1 aromatic rings. The maximum atomic E-state index is 13.1. The zero-order chi connectivity index (χ0) is 19.6. The summed E-state index contributed by atoms with van der Waals surface area (Å²) in [6, 6.07) is 6.87. The van der Waals surface area contributed by atoms with Crippen molar-refractivity contribution in [1.29, 1.82) is 0 Å². The molecule has 3 rings (SSSR count). The van der Waals surface area contributed by atoms with E-state index in [4.69, 9.17) is 4.74 Å². The number of carbonyl (C=O) groups excluding carboxylic acids is 3. The summed E-state index contributed by atoms with van der Waals surface area (Å²) in [6.07, 6.45) is 0.316. The van der Waals surface area contributed by atoms with Crippen LogP contribution in [0.2, 0.25) is 0 Å². The van der Waals surface area contributed by atoms with Gasteiger partial charge in [-0.3, -0.25) is 9.59 Å². The molecule has 1 N–H and O–H groups in total. The first-order valence-corrected chi connectivity index (χ1v) is 9.00. The standard InChI is InChI=1S/C19H26N4O4/c1-21(2)18(26)23-9-8-22(12-19(13-23)10-16(24)20-11-19)17(25)14-4-6-15(27-3)7-5-14/h4-7H,8-13H2,1-3H3,(H,20,24)/t19-/m1/s1. The molecule has 1 spiro atoms. The second kappa shape index (κ2) is 7.46. The van der Waals surface area contributed by atoms with Crippen LogP contribution in [0.1, 0.15) is 16.8 Å². The molecule has 0 aliphatic carbocycles. The zero-order valence-corrected chi connectivity index (χ0v) is 16.0. The molecule has 1 atom stereocenters. The van der Waals surface area contributed by atoms with E-state index in [-0.39, 0.29) is 17.8 Å². The fourth-order valence-corrected chi connectivity index (χ4v) is 3.77. The SMILES string of the molecule is COc1ccc(C(=O)N2CCN(C(=O)N(C)C)C[C@]3(CNC(=O)C3)C2)cc1. The van der Waals surface area contributed by atoms with Crippen molar-refractivity contribution >= 4 is 17.8 Å². The lowest BCUT2D eigenvalue weighted by Crippen LogP contribution is -2.47. The second-order valence-electron chi connectivity index (χ2n) is 7.51. The molecule has 2 fully saturated rings. The van der Waals surface area contributed by atoms with Crippen LogP contribution < -0.4 is 10.1 Å². The summed E-state index contributed by atoms with van der Waals surface area (Å²) in [5.74, 6) is 0.550. The number of amides is 4. The molecule has 8 nitrogen and oxygen atoms in total. The Hall–Kier alpha value is -2.77. The summed E-state index contributed by atoms with van der Waals surface area (Å²) in [7, 11) is 4.99. The number of nitrogens with one attached hydrogen (secondary N) is 1. The van der Waals surface area contributed by atoms with E-state index < -0.39 is 5.41 Å². The van der Waals surface area contributed by atoms with Crippen LogP contribution in [0, 0.1) is 5.41 Å². The quantitative estimate of drug-likeness (QED) is 0.824. The van der Waals surface area contributed by atoms with Gasteiger partial charge in [-0.15, -0.1) is 0 Å². The highest BCUT2D eigenvalue weighted by Gasteiger charge is 2.45. The summed E-state index contributed by atoms with van der Waals surface area (Å²) in [5.41, 5.74) is 0.108. The number of methoxy groups -OCH3 is 1. The molecule has 0 saturated carbocycles. The summed E-state index contributed by atoms with van der Waals surface area (Å²) in [4.78, 5) is 42.5. The number of nitrogens with zero attached hydrogens (tertiary/aromatic N) is 3. The normalized spacial score (nSPS) is 22.4. The highest BCUT2D eigenvalue weighted by atomic mass is 16.5. The molecule has 0 bridgehead atoms. The molecule has 2 aliphatic heterocycles. The molecule has 0 aromatic heterocycles. The van der Waals surface area contributed by atoms with Crippen LogP contribution in [0.15, 0.2) is 24.3 Å². The van der Waals surface area contributed by atoms with E-state index in [1.165, 1.54) is 4.90 Å². The number of hydrogen-bond acceptors (Lipinski definition) is 4. The molecular formula is C19H26N4O4. The monoisotopic (exact) mass is 374 g/mol. The molecule has 2 aliphatic rings. The van der Waals surface area contributed by atoms with Crippen LogP contribution in [0.25, 0.3) is 0 Å². The minimum atomic E-state index is -0.457. The lowest BCUT2D eigenvalue weighted by atomic mass is 9.86. The van der Waals surface area contributed by atoms with Crippen LogP contribution in [0.5, 0.6) is 5.75 Å². The Morgan fingerprint density at radius 2 is 1.74 bits per heavy atom. The fraction of sp³-hybridized carbons (Fsp3) is 0.526. The number of carbonyl (C=O) groups is 3. The van der Waals surface area contributed by atoms with Gasteiger partial charge in [-0.25, -0.2) is 4.79 Å². The van der Waals surface area contributed by atoms with Gasteiger partial charge in [-0.1, -0.05) is 0 Å². The number of benzene rings is 1. The Labute approximate surface area is 159 Å². The van der Waals surface area contributed by atoms with Crippen LogP contribution in [-0.2, 0) is 4.79 Å². The second-order valence-corrected chi connectivity index (χ2v) is 7.51. The van der Waals surface area contributed by atoms with Gasteiger partial charge in [0.05, 0.1) is 7.11 Å². The first-order valence-electron chi connectivity index (χ1n) is 9.00. The summed E-state index contributed by atoms with van der Waals surface area (Å²) in [5, 5.41) is 2.87. The largest absolute Gasteiger partial charge is 0.497 e. The van der Waals surface area contributed by atoms with Gasteiger partial charge >= 0.3 is 6.03 Å². The first kappa shape index (κ1) is 19.0. The Morgan fingerprint density at radius 3 is 2.30 bits per heavy atom. The lowest BCUT2D eigenvalue weighted by Gasteiger charge is -2.33. The van der Waals surface area contributed by atoms with E-state index in [0.717, 1.165) is 0 Å². The predicted octanol–water partition coefficient (Wildman–Crippen LogP) is 0.641. The van der Waals surface area contributed by atoms with Crippen molar-refractivity contribution in [3.63, 3.8) is 0 Å². The van der Waals surface area contributed by atoms with E-state index >= 15 is 0 Å². The third-order valence-electron chi connectivity index (χ3n) is 5.17. The molecule has 2 saturated heterocycles. The van der Waals surface area contributed by atoms with Gasteiger partial charge in [0.25, 0.3) is 5.91 Å². The third-order valence-corrected chi connectivity index (χ3v) is 5.17. The van der Waals surface area contributed by atoms with Gasteiger partial charge in [-0.2, -0.15) is 0 Å². The third kappa shape index (κ3) is 3.99. The van der Waals surface area contributed by atoms with Crippen molar-refractivity contribution in [2.24, 2.45) is 5.41 Å². The van der Waals surface area contributed by atoms with E-state index in [1.807, 2.05) is 0 Å². The van der Waals surface area contributed by atoms with Crippen LogP contribution in [0.4, 0.5) is 4.79 Å². The van der Waals surface area contributed by atoms with Crippen LogP contribution >= 0.6 is 0 Å². The van der Waals surface area contributed by atoms with E-state index in [2.05, 4.69) is 5.32 Å². The highest BCUT2D eigenvalue weighted by Crippen LogP contribution is 2.31. The summed E-state index contributed by atoms with van der Waals surface area (Å²) < 4.78 is 5.15. The zero-order valence-electron chi connectivity index (χ0n) is 16.0.